The summed E-state index contributed by atoms with van der Waals surface area (Å²) in [6.07, 6.45) is 0. The van der Waals surface area contributed by atoms with Gasteiger partial charge >= 0.3 is 0 Å². The number of nitrogens with zero attached hydrogens (tertiary/aromatic N) is 1. The van der Waals surface area contributed by atoms with Gasteiger partial charge in [-0.3, -0.25) is 0 Å². The van der Waals surface area contributed by atoms with Gasteiger partial charge in [0.25, 0.3) is 0 Å². The summed E-state index contributed by atoms with van der Waals surface area (Å²) >= 11 is 1.53. The summed E-state index contributed by atoms with van der Waals surface area (Å²) in [6.45, 7) is 6.52. The number of nitrogens with two attached hydrogens (primary N) is 1. The zero-order chi connectivity index (χ0) is 14.8. The lowest BCUT2D eigenvalue weighted by molar-refractivity contribution is 0.590. The van der Waals surface area contributed by atoms with Gasteiger partial charge in [0.2, 0.25) is 0 Å². The van der Waals surface area contributed by atoms with Gasteiger partial charge in [-0.2, -0.15) is 5.26 Å². The molecule has 0 atom stereocenters. The van der Waals surface area contributed by atoms with E-state index in [4.69, 9.17) is 5.73 Å². The molecule has 0 saturated carbocycles. The molecule has 0 unspecified atom stereocenters. The molecule has 0 spiro atoms. The zero-order valence-corrected chi connectivity index (χ0v) is 12.8. The second-order valence-electron chi connectivity index (χ2n) is 5.71. The Morgan fingerprint density at radius 1 is 1.15 bits per heavy atom. The van der Waals surface area contributed by atoms with Gasteiger partial charge in [0, 0.05) is 4.88 Å². The van der Waals surface area contributed by atoms with Gasteiger partial charge in [0.05, 0.1) is 11.3 Å². The zero-order valence-electron chi connectivity index (χ0n) is 12.0. The monoisotopic (exact) mass is 282 g/mol. The molecule has 1 heterocycles. The lowest BCUT2D eigenvalue weighted by Gasteiger charge is -2.19. The van der Waals surface area contributed by atoms with Crippen LogP contribution in [0.15, 0.2) is 41.8 Å². The Kier molecular flexibility index (Phi) is 3.96. The fourth-order valence-electron chi connectivity index (χ4n) is 1.96. The number of allylic oxidation sites excluding steroid dienone is 1. The predicted molar refractivity (Wildman–Crippen MR) is 86.1 cm³/mol. The third-order valence-corrected chi connectivity index (χ3v) is 4.10. The maximum atomic E-state index is 9.33. The normalized spacial score (nSPS) is 12.7. The van der Waals surface area contributed by atoms with Gasteiger partial charge in [0.15, 0.2) is 0 Å². The molecule has 0 saturated heterocycles. The van der Waals surface area contributed by atoms with Crippen LogP contribution in [0.25, 0.3) is 11.3 Å². The highest BCUT2D eigenvalue weighted by molar-refractivity contribution is 7.11. The molecule has 1 aromatic carbocycles. The molecular weight excluding hydrogens is 264 g/mol. The van der Waals surface area contributed by atoms with Crippen LogP contribution in [0.3, 0.4) is 0 Å². The van der Waals surface area contributed by atoms with Crippen molar-refractivity contribution in [2.75, 3.05) is 0 Å². The maximum absolute atomic E-state index is 9.33. The molecule has 0 bridgehead atoms. The number of nitriles is 1. The van der Waals surface area contributed by atoms with E-state index in [2.05, 4.69) is 39.0 Å². The van der Waals surface area contributed by atoms with Crippen LogP contribution < -0.4 is 5.73 Å². The summed E-state index contributed by atoms with van der Waals surface area (Å²) in [4.78, 5) is 0.907. The first-order chi connectivity index (χ1) is 9.43. The minimum absolute atomic E-state index is 0.114. The number of hydrogen-bond acceptors (Lipinski definition) is 3. The van der Waals surface area contributed by atoms with E-state index < -0.39 is 0 Å². The minimum atomic E-state index is 0.114. The SMILES string of the molecule is CC(C)(C)c1ccc(/C(N)=C(/C#N)c2cccs2)cc1. The van der Waals surface area contributed by atoms with Crippen molar-refractivity contribution in [1.29, 1.82) is 5.26 Å². The lowest BCUT2D eigenvalue weighted by Crippen LogP contribution is -2.11. The molecular formula is C17H18N2S. The molecule has 20 heavy (non-hydrogen) atoms. The van der Waals surface area contributed by atoms with E-state index in [-0.39, 0.29) is 5.41 Å². The molecule has 0 fully saturated rings. The fourth-order valence-corrected chi connectivity index (χ4v) is 2.70. The van der Waals surface area contributed by atoms with Crippen LogP contribution in [0.5, 0.6) is 0 Å². The first-order valence-electron chi connectivity index (χ1n) is 6.48. The van der Waals surface area contributed by atoms with Crippen LogP contribution in [0.2, 0.25) is 0 Å². The number of rotatable bonds is 2. The van der Waals surface area contributed by atoms with Crippen molar-refractivity contribution >= 4 is 22.6 Å². The fraction of sp³-hybridized carbons (Fsp3) is 0.235. The Balaban J connectivity index is 2.43. The van der Waals surface area contributed by atoms with Crippen LogP contribution in [0, 0.1) is 11.3 Å². The summed E-state index contributed by atoms with van der Waals surface area (Å²) in [5.41, 5.74) is 9.51. The predicted octanol–water partition coefficient (Wildman–Crippen LogP) is 4.40. The van der Waals surface area contributed by atoms with E-state index in [1.807, 2.05) is 29.6 Å². The van der Waals surface area contributed by atoms with Crippen molar-refractivity contribution in [2.45, 2.75) is 26.2 Å². The molecule has 2 aromatic rings. The number of hydrogen-bond donors (Lipinski definition) is 1. The average molecular weight is 282 g/mol. The van der Waals surface area contributed by atoms with Crippen LogP contribution in [0.4, 0.5) is 0 Å². The van der Waals surface area contributed by atoms with Crippen molar-refractivity contribution in [3.8, 4) is 6.07 Å². The third-order valence-electron chi connectivity index (χ3n) is 3.21. The van der Waals surface area contributed by atoms with Gasteiger partial charge < -0.3 is 5.73 Å². The molecule has 102 valence electrons. The van der Waals surface area contributed by atoms with Crippen LogP contribution >= 0.6 is 11.3 Å². The standard InChI is InChI=1S/C17H18N2S/c1-17(2,3)13-8-6-12(7-9-13)16(19)14(11-18)15-5-4-10-20-15/h4-10H,19H2,1-3H3/b16-14+. The van der Waals surface area contributed by atoms with Crippen LogP contribution in [0.1, 0.15) is 36.8 Å². The average Bonchev–Trinajstić information content (AvgIpc) is 2.92. The van der Waals surface area contributed by atoms with Crippen molar-refractivity contribution in [1.82, 2.24) is 0 Å². The largest absolute Gasteiger partial charge is 0.397 e. The number of thiophene rings is 1. The Labute approximate surface area is 124 Å². The summed E-state index contributed by atoms with van der Waals surface area (Å²) in [5, 5.41) is 11.3. The van der Waals surface area contributed by atoms with E-state index in [9.17, 15) is 5.26 Å². The number of benzene rings is 1. The minimum Gasteiger partial charge on any atom is -0.397 e. The van der Waals surface area contributed by atoms with Gasteiger partial charge in [-0.15, -0.1) is 11.3 Å². The summed E-state index contributed by atoms with van der Waals surface area (Å²) in [6, 6.07) is 14.2. The topological polar surface area (TPSA) is 49.8 Å². The van der Waals surface area contributed by atoms with E-state index in [1.54, 1.807) is 0 Å². The molecule has 0 amide bonds. The Hall–Kier alpha value is -2.05. The van der Waals surface area contributed by atoms with Crippen LogP contribution in [-0.2, 0) is 5.41 Å². The summed E-state index contributed by atoms with van der Waals surface area (Å²) < 4.78 is 0. The smallest absolute Gasteiger partial charge is 0.103 e. The summed E-state index contributed by atoms with van der Waals surface area (Å²) in [5.74, 6) is 0. The highest BCUT2D eigenvalue weighted by Crippen LogP contribution is 2.28. The molecule has 0 aliphatic carbocycles. The molecule has 0 radical (unpaired) electrons. The lowest BCUT2D eigenvalue weighted by atomic mass is 9.86. The molecule has 3 heteroatoms. The molecule has 1 aromatic heterocycles. The van der Waals surface area contributed by atoms with Gasteiger partial charge in [-0.25, -0.2) is 0 Å². The maximum Gasteiger partial charge on any atom is 0.103 e. The molecule has 2 rings (SSSR count). The second-order valence-corrected chi connectivity index (χ2v) is 6.65. The van der Waals surface area contributed by atoms with E-state index in [0.717, 1.165) is 10.4 Å². The highest BCUT2D eigenvalue weighted by Gasteiger charge is 2.14. The van der Waals surface area contributed by atoms with Crippen molar-refractivity contribution in [3.05, 3.63) is 57.8 Å². The Morgan fingerprint density at radius 2 is 1.80 bits per heavy atom. The van der Waals surface area contributed by atoms with Crippen molar-refractivity contribution in [3.63, 3.8) is 0 Å². The molecule has 2 nitrogen and oxygen atoms in total. The second kappa shape index (κ2) is 5.52. The van der Waals surface area contributed by atoms with Gasteiger partial charge in [-0.1, -0.05) is 51.1 Å². The van der Waals surface area contributed by atoms with Crippen LogP contribution in [-0.4, -0.2) is 0 Å². The Bertz CT molecular complexity index is 651. The first-order valence-corrected chi connectivity index (χ1v) is 7.36. The van der Waals surface area contributed by atoms with E-state index in [0.29, 0.717) is 11.3 Å². The Morgan fingerprint density at radius 3 is 2.25 bits per heavy atom. The van der Waals surface area contributed by atoms with Gasteiger partial charge in [-0.05, 0) is 28.0 Å². The van der Waals surface area contributed by atoms with Crippen molar-refractivity contribution in [2.24, 2.45) is 5.73 Å². The molecule has 0 aliphatic heterocycles. The highest BCUT2D eigenvalue weighted by atomic mass is 32.1. The van der Waals surface area contributed by atoms with E-state index >= 15 is 0 Å². The summed E-state index contributed by atoms with van der Waals surface area (Å²) in [7, 11) is 0. The van der Waals surface area contributed by atoms with Gasteiger partial charge in [0.1, 0.15) is 6.07 Å². The quantitative estimate of drug-likeness (QED) is 0.830. The molecule has 2 N–H and O–H groups in total. The van der Waals surface area contributed by atoms with Crippen molar-refractivity contribution < 1.29 is 0 Å². The van der Waals surface area contributed by atoms with E-state index in [1.165, 1.54) is 16.9 Å². The molecule has 0 aliphatic rings. The first kappa shape index (κ1) is 14.4. The third kappa shape index (κ3) is 2.92.